The Morgan fingerprint density at radius 3 is 1.81 bits per heavy atom. The van der Waals surface area contributed by atoms with Crippen molar-refractivity contribution in [2.24, 2.45) is 0 Å². The molecule has 1 N–H and O–H groups in total. The van der Waals surface area contributed by atoms with Gasteiger partial charge in [0.25, 0.3) is 5.60 Å². The van der Waals surface area contributed by atoms with Crippen LogP contribution in [-0.2, 0) is 10.4 Å². The standard InChI is InChI=1S/C12H8F6O3/c1-2-9(19)21-8-5-3-7(4-6-8)10(20,11(13,14)15)12(16,17)18/h2-6,20H,1H2. The van der Waals surface area contributed by atoms with Crippen LogP contribution in [0.15, 0.2) is 36.9 Å². The minimum absolute atomic E-state index is 0.296. The lowest BCUT2D eigenvalue weighted by Crippen LogP contribution is -2.53. The molecule has 1 rings (SSSR count). The van der Waals surface area contributed by atoms with E-state index in [1.807, 2.05) is 0 Å². The van der Waals surface area contributed by atoms with E-state index in [9.17, 15) is 31.1 Å². The van der Waals surface area contributed by atoms with Crippen molar-refractivity contribution >= 4 is 5.97 Å². The van der Waals surface area contributed by atoms with Crippen LogP contribution in [0.3, 0.4) is 0 Å². The van der Waals surface area contributed by atoms with Gasteiger partial charge in [-0.05, 0) is 12.1 Å². The number of alkyl halides is 6. The van der Waals surface area contributed by atoms with Crippen molar-refractivity contribution in [1.29, 1.82) is 0 Å². The van der Waals surface area contributed by atoms with Gasteiger partial charge >= 0.3 is 18.3 Å². The highest BCUT2D eigenvalue weighted by Gasteiger charge is 2.71. The predicted molar refractivity (Wildman–Crippen MR) is 58.3 cm³/mol. The van der Waals surface area contributed by atoms with Gasteiger partial charge in [0.1, 0.15) is 5.75 Å². The molecule has 0 atom stereocenters. The second-order valence-corrected chi connectivity index (χ2v) is 3.86. The highest BCUT2D eigenvalue weighted by atomic mass is 19.4. The molecule has 1 aromatic rings. The molecule has 116 valence electrons. The third-order valence-electron chi connectivity index (χ3n) is 2.48. The second-order valence-electron chi connectivity index (χ2n) is 3.86. The fourth-order valence-electron chi connectivity index (χ4n) is 1.41. The zero-order valence-electron chi connectivity index (χ0n) is 10.1. The molecule has 21 heavy (non-hydrogen) atoms. The van der Waals surface area contributed by atoms with Gasteiger partial charge in [-0.25, -0.2) is 4.79 Å². The van der Waals surface area contributed by atoms with Gasteiger partial charge in [-0.15, -0.1) is 0 Å². The highest BCUT2D eigenvalue weighted by molar-refractivity contribution is 5.83. The van der Waals surface area contributed by atoms with Crippen molar-refractivity contribution in [2.75, 3.05) is 0 Å². The number of aliphatic hydroxyl groups is 1. The van der Waals surface area contributed by atoms with Crippen LogP contribution in [-0.4, -0.2) is 23.4 Å². The van der Waals surface area contributed by atoms with Crippen molar-refractivity contribution in [3.63, 3.8) is 0 Å². The summed E-state index contributed by atoms with van der Waals surface area (Å²) in [6, 6.07) is 2.12. The van der Waals surface area contributed by atoms with Gasteiger partial charge in [0.05, 0.1) is 0 Å². The van der Waals surface area contributed by atoms with Gasteiger partial charge in [0, 0.05) is 11.6 Å². The Labute approximate surface area is 114 Å². The molecule has 0 bridgehead atoms. The third-order valence-corrected chi connectivity index (χ3v) is 2.48. The van der Waals surface area contributed by atoms with Crippen molar-refractivity contribution < 1.29 is 41.0 Å². The molecule has 1 aromatic carbocycles. The Morgan fingerprint density at radius 1 is 1.05 bits per heavy atom. The summed E-state index contributed by atoms with van der Waals surface area (Å²) in [5.74, 6) is -1.24. The Morgan fingerprint density at radius 2 is 1.48 bits per heavy atom. The molecule has 0 saturated heterocycles. The van der Waals surface area contributed by atoms with E-state index in [4.69, 9.17) is 5.11 Å². The summed E-state index contributed by atoms with van der Waals surface area (Å²) in [6.45, 7) is 3.07. The lowest BCUT2D eigenvalue weighted by Gasteiger charge is -2.32. The Hall–Kier alpha value is -2.03. The van der Waals surface area contributed by atoms with Gasteiger partial charge in [0.15, 0.2) is 0 Å². The molecule has 0 unspecified atom stereocenters. The van der Waals surface area contributed by atoms with Crippen LogP contribution in [0.4, 0.5) is 26.3 Å². The monoisotopic (exact) mass is 314 g/mol. The molecule has 0 radical (unpaired) electrons. The lowest BCUT2D eigenvalue weighted by molar-refractivity contribution is -0.376. The first-order valence-electron chi connectivity index (χ1n) is 5.24. The first-order valence-corrected chi connectivity index (χ1v) is 5.24. The van der Waals surface area contributed by atoms with Crippen LogP contribution < -0.4 is 4.74 Å². The number of hydrogen-bond donors (Lipinski definition) is 1. The molecule has 0 spiro atoms. The molecule has 9 heteroatoms. The normalized spacial score (nSPS) is 12.9. The molecule has 0 aromatic heterocycles. The number of carbonyl (C=O) groups is 1. The van der Waals surface area contributed by atoms with Crippen LogP contribution in [0.25, 0.3) is 0 Å². The quantitative estimate of drug-likeness (QED) is 0.404. The van der Waals surface area contributed by atoms with Gasteiger partial charge < -0.3 is 9.84 Å². The number of hydrogen-bond acceptors (Lipinski definition) is 3. The highest BCUT2D eigenvalue weighted by Crippen LogP contribution is 2.50. The molecular formula is C12H8F6O3. The third kappa shape index (κ3) is 3.18. The average Bonchev–Trinajstić information content (AvgIpc) is 2.35. The maximum absolute atomic E-state index is 12.6. The molecule has 0 aliphatic carbocycles. The summed E-state index contributed by atoms with van der Waals surface area (Å²) in [6.07, 6.45) is -11.2. The molecule has 0 saturated carbocycles. The Balaban J connectivity index is 3.24. The number of ether oxygens (including phenoxy) is 1. The van der Waals surface area contributed by atoms with Crippen molar-refractivity contribution in [3.8, 4) is 5.75 Å². The summed E-state index contributed by atoms with van der Waals surface area (Å²) < 4.78 is 80.0. The molecule has 0 aliphatic heterocycles. The largest absolute Gasteiger partial charge is 0.430 e. The maximum atomic E-state index is 12.6. The Kier molecular flexibility index (Phi) is 4.37. The summed E-state index contributed by atoms with van der Waals surface area (Å²) in [4.78, 5) is 10.8. The summed E-state index contributed by atoms with van der Waals surface area (Å²) in [7, 11) is 0. The number of carbonyl (C=O) groups excluding carboxylic acids is 1. The van der Waals surface area contributed by atoms with E-state index in [0.717, 1.165) is 6.08 Å². The predicted octanol–water partition coefficient (Wildman–Crippen LogP) is 3.09. The van der Waals surface area contributed by atoms with Crippen LogP contribution >= 0.6 is 0 Å². The van der Waals surface area contributed by atoms with E-state index in [2.05, 4.69) is 11.3 Å². The van der Waals surface area contributed by atoms with Crippen molar-refractivity contribution in [3.05, 3.63) is 42.5 Å². The smallest absolute Gasteiger partial charge is 0.423 e. The summed E-state index contributed by atoms with van der Waals surface area (Å²) >= 11 is 0. The van der Waals surface area contributed by atoms with Crippen molar-refractivity contribution in [2.45, 2.75) is 18.0 Å². The Bertz CT molecular complexity index is 515. The molecule has 0 heterocycles. The number of benzene rings is 1. The first kappa shape index (κ1) is 17.0. The maximum Gasteiger partial charge on any atom is 0.430 e. The second kappa shape index (κ2) is 5.40. The van der Waals surface area contributed by atoms with Gasteiger partial charge in [-0.1, -0.05) is 18.7 Å². The van der Waals surface area contributed by atoms with Crippen LogP contribution in [0.2, 0.25) is 0 Å². The number of esters is 1. The number of rotatable bonds is 3. The van der Waals surface area contributed by atoms with E-state index in [-0.39, 0.29) is 5.75 Å². The van der Waals surface area contributed by atoms with E-state index in [0.29, 0.717) is 24.3 Å². The lowest BCUT2D eigenvalue weighted by atomic mass is 9.92. The fourth-order valence-corrected chi connectivity index (χ4v) is 1.41. The van der Waals surface area contributed by atoms with E-state index in [1.54, 1.807) is 0 Å². The van der Waals surface area contributed by atoms with Gasteiger partial charge in [-0.2, -0.15) is 26.3 Å². The molecule has 0 fully saturated rings. The van der Waals surface area contributed by atoms with E-state index < -0.39 is 29.5 Å². The van der Waals surface area contributed by atoms with Crippen LogP contribution in [0.5, 0.6) is 5.75 Å². The molecule has 0 aliphatic rings. The SMILES string of the molecule is C=CC(=O)Oc1ccc(C(O)(C(F)(F)F)C(F)(F)F)cc1. The van der Waals surface area contributed by atoms with Crippen LogP contribution in [0, 0.1) is 0 Å². The van der Waals surface area contributed by atoms with E-state index >= 15 is 0 Å². The average molecular weight is 314 g/mol. The molecular weight excluding hydrogens is 306 g/mol. The van der Waals surface area contributed by atoms with Gasteiger partial charge in [-0.3, -0.25) is 0 Å². The minimum atomic E-state index is -5.97. The zero-order chi connectivity index (χ0) is 16.5. The molecule has 0 amide bonds. The summed E-state index contributed by atoms with van der Waals surface area (Å²) in [5.41, 5.74) is -6.46. The number of halogens is 6. The zero-order valence-corrected chi connectivity index (χ0v) is 10.1. The summed E-state index contributed by atoms with van der Waals surface area (Å²) in [5, 5.41) is 9.10. The fraction of sp³-hybridized carbons (Fsp3) is 0.250. The van der Waals surface area contributed by atoms with Crippen molar-refractivity contribution in [1.82, 2.24) is 0 Å². The topological polar surface area (TPSA) is 46.5 Å². The van der Waals surface area contributed by atoms with E-state index in [1.165, 1.54) is 0 Å². The van der Waals surface area contributed by atoms with Gasteiger partial charge in [0.2, 0.25) is 0 Å². The molecule has 3 nitrogen and oxygen atoms in total. The minimum Gasteiger partial charge on any atom is -0.423 e. The van der Waals surface area contributed by atoms with Crippen LogP contribution in [0.1, 0.15) is 5.56 Å². The first-order chi connectivity index (χ1) is 9.43.